The van der Waals surface area contributed by atoms with Gasteiger partial charge in [0.2, 0.25) is 0 Å². The van der Waals surface area contributed by atoms with E-state index in [0.717, 1.165) is 25.4 Å². The van der Waals surface area contributed by atoms with Gasteiger partial charge in [-0.1, -0.05) is 20.3 Å². The Hall–Kier alpha value is -0.770. The van der Waals surface area contributed by atoms with E-state index in [0.29, 0.717) is 6.54 Å². The van der Waals surface area contributed by atoms with Crippen molar-refractivity contribution in [3.63, 3.8) is 0 Å². The van der Waals surface area contributed by atoms with Crippen molar-refractivity contribution in [3.05, 3.63) is 0 Å². The van der Waals surface area contributed by atoms with E-state index in [1.807, 2.05) is 20.8 Å². The fraction of sp³-hybridized carbons (Fsp3) is 0.929. The third-order valence-corrected chi connectivity index (χ3v) is 2.47. The molecule has 1 atom stereocenters. The summed E-state index contributed by atoms with van der Waals surface area (Å²) in [6.07, 6.45) is 3.10. The van der Waals surface area contributed by atoms with Crippen molar-refractivity contribution in [1.29, 1.82) is 0 Å². The van der Waals surface area contributed by atoms with Crippen LogP contribution in [0, 0.1) is 5.92 Å². The molecule has 4 nitrogen and oxygen atoms in total. The van der Waals surface area contributed by atoms with Crippen LogP contribution in [-0.4, -0.2) is 31.3 Å². The van der Waals surface area contributed by atoms with E-state index in [-0.39, 0.29) is 6.09 Å². The summed E-state index contributed by atoms with van der Waals surface area (Å²) < 4.78 is 5.14. The summed E-state index contributed by atoms with van der Waals surface area (Å²) in [6, 6.07) is 0. The molecule has 0 saturated heterocycles. The summed E-state index contributed by atoms with van der Waals surface area (Å²) in [5.74, 6) is 0.730. The second-order valence-electron chi connectivity index (χ2n) is 5.88. The molecule has 1 unspecified atom stereocenters. The molecule has 0 aliphatic rings. The van der Waals surface area contributed by atoms with Gasteiger partial charge in [-0.15, -0.1) is 0 Å². The van der Waals surface area contributed by atoms with Crippen molar-refractivity contribution in [2.24, 2.45) is 5.92 Å². The Balaban J connectivity index is 3.38. The number of amides is 1. The zero-order valence-corrected chi connectivity index (χ0v) is 12.6. The molecular weight excluding hydrogens is 228 g/mol. The van der Waals surface area contributed by atoms with Crippen LogP contribution in [0.5, 0.6) is 0 Å². The average Bonchev–Trinajstić information content (AvgIpc) is 2.21. The highest BCUT2D eigenvalue weighted by molar-refractivity contribution is 5.67. The van der Waals surface area contributed by atoms with Crippen molar-refractivity contribution in [2.75, 3.05) is 19.6 Å². The van der Waals surface area contributed by atoms with Crippen LogP contribution >= 0.6 is 0 Å². The minimum Gasteiger partial charge on any atom is -0.444 e. The molecule has 0 radical (unpaired) electrons. The van der Waals surface area contributed by atoms with E-state index in [4.69, 9.17) is 4.74 Å². The molecule has 2 N–H and O–H groups in total. The van der Waals surface area contributed by atoms with E-state index >= 15 is 0 Å². The number of nitrogens with one attached hydrogen (secondary N) is 2. The molecule has 0 aromatic carbocycles. The van der Waals surface area contributed by atoms with Crippen molar-refractivity contribution >= 4 is 6.09 Å². The summed E-state index contributed by atoms with van der Waals surface area (Å²) in [6.45, 7) is 12.7. The third-order valence-electron chi connectivity index (χ3n) is 2.47. The molecule has 0 aliphatic carbocycles. The zero-order chi connectivity index (χ0) is 14.0. The fourth-order valence-corrected chi connectivity index (χ4v) is 1.66. The van der Waals surface area contributed by atoms with Gasteiger partial charge in [-0.2, -0.15) is 0 Å². The van der Waals surface area contributed by atoms with Crippen LogP contribution in [0.15, 0.2) is 0 Å². The van der Waals surface area contributed by atoms with Crippen LogP contribution in [-0.2, 0) is 4.74 Å². The first-order valence-corrected chi connectivity index (χ1v) is 7.02. The second kappa shape index (κ2) is 9.20. The summed E-state index contributed by atoms with van der Waals surface area (Å²) >= 11 is 0. The molecule has 4 heteroatoms. The average molecular weight is 258 g/mol. The molecule has 0 fully saturated rings. The van der Waals surface area contributed by atoms with E-state index in [1.165, 1.54) is 12.8 Å². The maximum absolute atomic E-state index is 11.3. The van der Waals surface area contributed by atoms with Crippen molar-refractivity contribution < 1.29 is 9.53 Å². The Morgan fingerprint density at radius 3 is 2.50 bits per heavy atom. The van der Waals surface area contributed by atoms with Gasteiger partial charge in [-0.05, 0) is 52.6 Å². The minimum atomic E-state index is -0.419. The van der Waals surface area contributed by atoms with Gasteiger partial charge in [0.15, 0.2) is 0 Å². The second-order valence-corrected chi connectivity index (χ2v) is 5.88. The topological polar surface area (TPSA) is 50.4 Å². The maximum atomic E-state index is 11.3. The van der Waals surface area contributed by atoms with Gasteiger partial charge in [0.05, 0.1) is 0 Å². The monoisotopic (exact) mass is 258 g/mol. The molecule has 0 aromatic heterocycles. The smallest absolute Gasteiger partial charge is 0.407 e. The predicted octanol–water partition coefficient (Wildman–Crippen LogP) is 2.93. The van der Waals surface area contributed by atoms with Crippen LogP contribution in [0.1, 0.15) is 53.9 Å². The Kier molecular flexibility index (Phi) is 8.81. The normalized spacial score (nSPS) is 13.2. The first-order chi connectivity index (χ1) is 8.35. The quantitative estimate of drug-likeness (QED) is 0.658. The Labute approximate surface area is 112 Å². The Morgan fingerprint density at radius 2 is 1.94 bits per heavy atom. The van der Waals surface area contributed by atoms with E-state index in [9.17, 15) is 4.79 Å². The molecule has 18 heavy (non-hydrogen) atoms. The van der Waals surface area contributed by atoms with Gasteiger partial charge in [0.1, 0.15) is 5.60 Å². The minimum absolute atomic E-state index is 0.332. The summed E-state index contributed by atoms with van der Waals surface area (Å²) in [5.41, 5.74) is -0.419. The number of hydrogen-bond donors (Lipinski definition) is 2. The molecule has 0 heterocycles. The number of hydrogen-bond acceptors (Lipinski definition) is 3. The van der Waals surface area contributed by atoms with E-state index in [2.05, 4.69) is 24.5 Å². The van der Waals surface area contributed by atoms with Gasteiger partial charge in [0, 0.05) is 6.54 Å². The van der Waals surface area contributed by atoms with Gasteiger partial charge < -0.3 is 15.4 Å². The van der Waals surface area contributed by atoms with Crippen LogP contribution in [0.25, 0.3) is 0 Å². The molecule has 0 aromatic rings. The van der Waals surface area contributed by atoms with Gasteiger partial charge >= 0.3 is 6.09 Å². The van der Waals surface area contributed by atoms with Crippen molar-refractivity contribution in [3.8, 4) is 0 Å². The highest BCUT2D eigenvalue weighted by Gasteiger charge is 2.15. The standard InChI is InChI=1S/C14H30N2O2/c1-6-8-12(2)11-15-9-7-10-16-13(17)18-14(3,4)5/h12,15H,6-11H2,1-5H3,(H,16,17). The first kappa shape index (κ1) is 17.2. The summed E-state index contributed by atoms with van der Waals surface area (Å²) in [4.78, 5) is 11.3. The largest absolute Gasteiger partial charge is 0.444 e. The van der Waals surface area contributed by atoms with E-state index < -0.39 is 5.60 Å². The molecule has 0 rings (SSSR count). The lowest BCUT2D eigenvalue weighted by Crippen LogP contribution is -2.34. The number of carbonyl (C=O) groups excluding carboxylic acids is 1. The molecule has 0 spiro atoms. The van der Waals surface area contributed by atoms with Gasteiger partial charge in [-0.3, -0.25) is 0 Å². The predicted molar refractivity (Wildman–Crippen MR) is 75.8 cm³/mol. The third kappa shape index (κ3) is 11.7. The summed E-state index contributed by atoms with van der Waals surface area (Å²) in [7, 11) is 0. The molecule has 0 bridgehead atoms. The van der Waals surface area contributed by atoms with E-state index in [1.54, 1.807) is 0 Å². The SMILES string of the molecule is CCCC(C)CNCCCNC(=O)OC(C)(C)C. The Bertz CT molecular complexity index is 224. The lowest BCUT2D eigenvalue weighted by molar-refractivity contribution is 0.0527. The van der Waals surface area contributed by atoms with Crippen LogP contribution in [0.3, 0.4) is 0 Å². The molecule has 0 saturated carbocycles. The van der Waals surface area contributed by atoms with Crippen molar-refractivity contribution in [1.82, 2.24) is 10.6 Å². The number of ether oxygens (including phenoxy) is 1. The highest BCUT2D eigenvalue weighted by atomic mass is 16.6. The number of alkyl carbamates (subject to hydrolysis) is 1. The number of rotatable bonds is 8. The van der Waals surface area contributed by atoms with Gasteiger partial charge in [-0.25, -0.2) is 4.79 Å². The fourth-order valence-electron chi connectivity index (χ4n) is 1.66. The molecule has 1 amide bonds. The molecule has 0 aliphatic heterocycles. The zero-order valence-electron chi connectivity index (χ0n) is 12.6. The lowest BCUT2D eigenvalue weighted by Gasteiger charge is -2.19. The summed E-state index contributed by atoms with van der Waals surface area (Å²) in [5, 5.41) is 6.15. The molecule has 108 valence electrons. The van der Waals surface area contributed by atoms with Crippen LogP contribution in [0.4, 0.5) is 4.79 Å². The maximum Gasteiger partial charge on any atom is 0.407 e. The number of carbonyl (C=O) groups is 1. The first-order valence-electron chi connectivity index (χ1n) is 7.02. The van der Waals surface area contributed by atoms with Crippen molar-refractivity contribution in [2.45, 2.75) is 59.5 Å². The Morgan fingerprint density at radius 1 is 1.28 bits per heavy atom. The van der Waals surface area contributed by atoms with Crippen LogP contribution in [0.2, 0.25) is 0 Å². The van der Waals surface area contributed by atoms with Gasteiger partial charge in [0.25, 0.3) is 0 Å². The lowest BCUT2D eigenvalue weighted by atomic mass is 10.1. The highest BCUT2D eigenvalue weighted by Crippen LogP contribution is 2.06. The van der Waals surface area contributed by atoms with Crippen LogP contribution < -0.4 is 10.6 Å². The molecular formula is C14H30N2O2.